The topological polar surface area (TPSA) is 64.7 Å². The van der Waals surface area contributed by atoms with Gasteiger partial charge in [0.15, 0.2) is 5.78 Å². The van der Waals surface area contributed by atoms with Crippen molar-refractivity contribution in [2.75, 3.05) is 43.9 Å². The van der Waals surface area contributed by atoms with Gasteiger partial charge < -0.3 is 20.4 Å². The zero-order valence-corrected chi connectivity index (χ0v) is 21.8. The third-order valence-corrected chi connectivity index (χ3v) is 6.86. The van der Waals surface area contributed by atoms with Crippen molar-refractivity contribution in [1.29, 1.82) is 0 Å². The number of hydrogen-bond donors (Lipinski definition) is 2. The number of halogens is 1. The van der Waals surface area contributed by atoms with Crippen LogP contribution in [0.25, 0.3) is 0 Å². The Morgan fingerprint density at radius 2 is 1.86 bits per heavy atom. The summed E-state index contributed by atoms with van der Waals surface area (Å²) in [5.41, 5.74) is 4.28. The standard InChI is InChI=1S/C28H35ClN4O2/c1-28(2)16-22-26(24(34)17-28)27(19-10-12-20(29)13-11-19)33(23-9-6-5-8-21(23)31-22)18-25(35)30-14-7-15-32(3)4/h5-6,8-13,27,31H,7,14-18H2,1-4H3,(H,30,35)/t27-/m1/s1. The molecule has 0 saturated carbocycles. The zero-order valence-electron chi connectivity index (χ0n) is 21.0. The number of carbonyl (C=O) groups is 2. The minimum absolute atomic E-state index is 0.0647. The van der Waals surface area contributed by atoms with Gasteiger partial charge in [-0.3, -0.25) is 9.59 Å². The summed E-state index contributed by atoms with van der Waals surface area (Å²) in [7, 11) is 4.04. The number of ketones is 1. The molecule has 0 spiro atoms. The Kier molecular flexibility index (Phi) is 7.53. The number of anilines is 2. The van der Waals surface area contributed by atoms with Gasteiger partial charge in [0.1, 0.15) is 0 Å². The largest absolute Gasteiger partial charge is 0.357 e. The number of amides is 1. The molecule has 1 aliphatic heterocycles. The van der Waals surface area contributed by atoms with E-state index < -0.39 is 6.04 Å². The molecule has 1 aliphatic carbocycles. The molecule has 4 rings (SSSR count). The fourth-order valence-electron chi connectivity index (χ4n) is 5.05. The molecule has 0 fully saturated rings. The van der Waals surface area contributed by atoms with Gasteiger partial charge >= 0.3 is 0 Å². The maximum atomic E-state index is 13.6. The summed E-state index contributed by atoms with van der Waals surface area (Å²) in [6.45, 7) is 5.91. The Bertz CT molecular complexity index is 1120. The molecule has 0 saturated heterocycles. The Balaban J connectivity index is 1.77. The normalized spacial score (nSPS) is 19.1. The molecule has 35 heavy (non-hydrogen) atoms. The fourth-order valence-corrected chi connectivity index (χ4v) is 5.18. The number of carbonyl (C=O) groups excluding carboxylic acids is 2. The second kappa shape index (κ2) is 10.4. The number of para-hydroxylation sites is 2. The van der Waals surface area contributed by atoms with Crippen molar-refractivity contribution in [3.63, 3.8) is 0 Å². The Morgan fingerprint density at radius 1 is 1.14 bits per heavy atom. The highest BCUT2D eigenvalue weighted by Crippen LogP contribution is 2.48. The van der Waals surface area contributed by atoms with E-state index in [0.717, 1.165) is 47.6 Å². The van der Waals surface area contributed by atoms with E-state index in [1.807, 2.05) is 62.6 Å². The summed E-state index contributed by atoms with van der Waals surface area (Å²) < 4.78 is 0. The van der Waals surface area contributed by atoms with Gasteiger partial charge in [-0.25, -0.2) is 0 Å². The maximum Gasteiger partial charge on any atom is 0.239 e. The van der Waals surface area contributed by atoms with Gasteiger partial charge in [-0.2, -0.15) is 0 Å². The van der Waals surface area contributed by atoms with Crippen LogP contribution in [0.4, 0.5) is 11.4 Å². The molecule has 0 bridgehead atoms. The van der Waals surface area contributed by atoms with Gasteiger partial charge in [-0.1, -0.05) is 49.7 Å². The third kappa shape index (κ3) is 5.88. The number of benzene rings is 2. The van der Waals surface area contributed by atoms with Crippen LogP contribution in [0.1, 0.15) is 44.7 Å². The lowest BCUT2D eigenvalue weighted by molar-refractivity contribution is -0.120. The first-order valence-corrected chi connectivity index (χ1v) is 12.6. The highest BCUT2D eigenvalue weighted by atomic mass is 35.5. The molecule has 2 aromatic carbocycles. The van der Waals surface area contributed by atoms with Crippen LogP contribution in [0.5, 0.6) is 0 Å². The Hall–Kier alpha value is -2.83. The molecule has 0 radical (unpaired) electrons. The number of nitrogens with one attached hydrogen (secondary N) is 2. The Morgan fingerprint density at radius 3 is 2.57 bits per heavy atom. The van der Waals surface area contributed by atoms with Crippen LogP contribution in [-0.4, -0.2) is 50.3 Å². The second-order valence-electron chi connectivity index (χ2n) is 10.6. The molecule has 1 atom stereocenters. The van der Waals surface area contributed by atoms with E-state index in [1.165, 1.54) is 0 Å². The third-order valence-electron chi connectivity index (χ3n) is 6.61. The summed E-state index contributed by atoms with van der Waals surface area (Å²) in [6, 6.07) is 15.2. The van der Waals surface area contributed by atoms with E-state index in [4.69, 9.17) is 11.6 Å². The molecule has 1 heterocycles. The van der Waals surface area contributed by atoms with Crippen LogP contribution in [-0.2, 0) is 9.59 Å². The van der Waals surface area contributed by atoms with Crippen molar-refractivity contribution < 1.29 is 9.59 Å². The molecule has 2 aromatic rings. The van der Waals surface area contributed by atoms with E-state index in [2.05, 4.69) is 34.3 Å². The summed E-state index contributed by atoms with van der Waals surface area (Å²) in [6.07, 6.45) is 2.11. The minimum Gasteiger partial charge on any atom is -0.357 e. The lowest BCUT2D eigenvalue weighted by atomic mass is 9.73. The number of allylic oxidation sites excluding steroid dienone is 1. The monoisotopic (exact) mass is 494 g/mol. The van der Waals surface area contributed by atoms with Crippen molar-refractivity contribution in [1.82, 2.24) is 10.2 Å². The van der Waals surface area contributed by atoms with E-state index in [1.54, 1.807) is 0 Å². The van der Waals surface area contributed by atoms with E-state index in [9.17, 15) is 9.59 Å². The van der Waals surface area contributed by atoms with Gasteiger partial charge in [0.2, 0.25) is 5.91 Å². The highest BCUT2D eigenvalue weighted by Gasteiger charge is 2.41. The van der Waals surface area contributed by atoms with Gasteiger partial charge in [0, 0.05) is 29.3 Å². The number of hydrogen-bond acceptors (Lipinski definition) is 5. The smallest absolute Gasteiger partial charge is 0.239 e. The van der Waals surface area contributed by atoms with Crippen LogP contribution in [0, 0.1) is 5.41 Å². The predicted molar refractivity (Wildman–Crippen MR) is 143 cm³/mol. The quantitative estimate of drug-likeness (QED) is 0.529. The van der Waals surface area contributed by atoms with Crippen molar-refractivity contribution in [3.8, 4) is 0 Å². The number of fused-ring (bicyclic) bond motifs is 1. The van der Waals surface area contributed by atoms with Crippen molar-refractivity contribution in [2.24, 2.45) is 5.41 Å². The molecular weight excluding hydrogens is 460 g/mol. The van der Waals surface area contributed by atoms with Gasteiger partial charge in [-0.05, 0) is 68.7 Å². The highest BCUT2D eigenvalue weighted by molar-refractivity contribution is 6.30. The van der Waals surface area contributed by atoms with Crippen LogP contribution in [0.2, 0.25) is 5.02 Å². The van der Waals surface area contributed by atoms with Crippen LogP contribution >= 0.6 is 11.6 Å². The summed E-state index contributed by atoms with van der Waals surface area (Å²) in [4.78, 5) is 31.0. The zero-order chi connectivity index (χ0) is 25.2. The SMILES string of the molecule is CN(C)CCCNC(=O)CN1c2ccccc2NC2=C(C(=O)CC(C)(C)C2)[C@H]1c1ccc(Cl)cc1. The molecule has 6 nitrogen and oxygen atoms in total. The lowest BCUT2D eigenvalue weighted by Crippen LogP contribution is -2.42. The van der Waals surface area contributed by atoms with Crippen molar-refractivity contribution in [2.45, 2.75) is 39.2 Å². The first-order valence-electron chi connectivity index (χ1n) is 12.2. The van der Waals surface area contributed by atoms with E-state index in [-0.39, 0.29) is 23.7 Å². The molecule has 1 amide bonds. The average molecular weight is 495 g/mol. The van der Waals surface area contributed by atoms with Gasteiger partial charge in [0.25, 0.3) is 0 Å². The van der Waals surface area contributed by atoms with E-state index >= 15 is 0 Å². The van der Waals surface area contributed by atoms with Gasteiger partial charge in [0.05, 0.1) is 24.0 Å². The number of rotatable bonds is 7. The fraction of sp³-hybridized carbons (Fsp3) is 0.429. The maximum absolute atomic E-state index is 13.6. The second-order valence-corrected chi connectivity index (χ2v) is 11.0. The van der Waals surface area contributed by atoms with Crippen molar-refractivity contribution >= 4 is 34.7 Å². The summed E-state index contributed by atoms with van der Waals surface area (Å²) >= 11 is 6.21. The predicted octanol–water partition coefficient (Wildman–Crippen LogP) is 5.02. The van der Waals surface area contributed by atoms with Crippen LogP contribution in [0.15, 0.2) is 59.8 Å². The van der Waals surface area contributed by atoms with Gasteiger partial charge in [-0.15, -0.1) is 0 Å². The molecular formula is C28H35ClN4O2. The number of nitrogens with zero attached hydrogens (tertiary/aromatic N) is 2. The minimum atomic E-state index is -0.394. The van der Waals surface area contributed by atoms with Crippen LogP contribution in [0.3, 0.4) is 0 Å². The number of Topliss-reactive ketones (excluding diaryl/α,β-unsaturated/α-hetero) is 1. The molecule has 0 aromatic heterocycles. The molecule has 2 N–H and O–H groups in total. The van der Waals surface area contributed by atoms with Crippen LogP contribution < -0.4 is 15.5 Å². The Labute approximate surface area is 213 Å². The molecule has 0 unspecified atom stereocenters. The first-order chi connectivity index (χ1) is 16.6. The summed E-state index contributed by atoms with van der Waals surface area (Å²) in [5.74, 6) is 0.0538. The van der Waals surface area contributed by atoms with E-state index in [0.29, 0.717) is 18.0 Å². The average Bonchev–Trinajstić information content (AvgIpc) is 2.91. The molecule has 186 valence electrons. The first kappa shape index (κ1) is 25.3. The molecule has 2 aliphatic rings. The summed E-state index contributed by atoms with van der Waals surface area (Å²) in [5, 5.41) is 7.28. The molecule has 7 heteroatoms. The lowest BCUT2D eigenvalue weighted by Gasteiger charge is -2.37. The van der Waals surface area contributed by atoms with Crippen molar-refractivity contribution in [3.05, 3.63) is 70.4 Å².